The summed E-state index contributed by atoms with van der Waals surface area (Å²) in [5.41, 5.74) is -0.414. The average molecular weight is 408 g/mol. The molecule has 1 atom stereocenters. The summed E-state index contributed by atoms with van der Waals surface area (Å²) < 4.78 is 63.3. The molecule has 0 radical (unpaired) electrons. The highest BCUT2D eigenvalue weighted by molar-refractivity contribution is 7.91. The molecule has 1 fully saturated rings. The van der Waals surface area contributed by atoms with Crippen LogP contribution in [0.3, 0.4) is 0 Å². The number of halogens is 4. The first kappa shape index (κ1) is 19.5. The van der Waals surface area contributed by atoms with Crippen LogP contribution in [0.2, 0.25) is 5.15 Å². The summed E-state index contributed by atoms with van der Waals surface area (Å²) in [6, 6.07) is 0.931. The first-order chi connectivity index (χ1) is 12.1. The molecule has 2 aromatic heterocycles. The van der Waals surface area contributed by atoms with Crippen molar-refractivity contribution in [2.45, 2.75) is 38.0 Å². The van der Waals surface area contributed by atoms with Crippen LogP contribution in [0.4, 0.5) is 13.2 Å². The molecule has 0 amide bonds. The lowest BCUT2D eigenvalue weighted by atomic mass is 10.1. The van der Waals surface area contributed by atoms with Gasteiger partial charge >= 0.3 is 0 Å². The molecule has 1 aliphatic heterocycles. The van der Waals surface area contributed by atoms with Crippen molar-refractivity contribution in [3.05, 3.63) is 28.8 Å². The SMILES string of the molecule is CC(C)(C)[S@+]([O-])/N=C(\c1cn(C2COC2)c2nc(Cl)c(F)cc12)C(F)F. The Bertz CT molecular complexity index is 863. The summed E-state index contributed by atoms with van der Waals surface area (Å²) in [7, 11) is 0. The highest BCUT2D eigenvalue weighted by Gasteiger charge is 2.33. The summed E-state index contributed by atoms with van der Waals surface area (Å²) >= 11 is 3.87. The van der Waals surface area contributed by atoms with Crippen molar-refractivity contribution in [3.8, 4) is 0 Å². The third kappa shape index (κ3) is 3.58. The predicted octanol–water partition coefficient (Wildman–Crippen LogP) is 3.92. The molecule has 0 spiro atoms. The average Bonchev–Trinajstić information content (AvgIpc) is 2.80. The fraction of sp³-hybridized carbons (Fsp3) is 0.500. The van der Waals surface area contributed by atoms with E-state index in [1.807, 2.05) is 0 Å². The highest BCUT2D eigenvalue weighted by Crippen LogP contribution is 2.32. The fourth-order valence-electron chi connectivity index (χ4n) is 2.42. The normalized spacial score (nSPS) is 17.8. The van der Waals surface area contributed by atoms with Crippen LogP contribution in [0.5, 0.6) is 0 Å². The van der Waals surface area contributed by atoms with E-state index in [9.17, 15) is 17.7 Å². The number of ether oxygens (including phenoxy) is 1. The number of pyridine rings is 1. The lowest BCUT2D eigenvalue weighted by molar-refractivity contribution is -0.0216. The minimum Gasteiger partial charge on any atom is -0.591 e. The number of rotatable bonds is 4. The van der Waals surface area contributed by atoms with Gasteiger partial charge in [0.1, 0.15) is 21.8 Å². The zero-order valence-electron chi connectivity index (χ0n) is 14.3. The third-order valence-corrected chi connectivity index (χ3v) is 5.59. The van der Waals surface area contributed by atoms with E-state index in [1.54, 1.807) is 25.3 Å². The van der Waals surface area contributed by atoms with Gasteiger partial charge in [0.15, 0.2) is 16.7 Å². The van der Waals surface area contributed by atoms with Gasteiger partial charge in [0, 0.05) is 17.1 Å². The lowest BCUT2D eigenvalue weighted by Gasteiger charge is -2.27. The molecular weight excluding hydrogens is 391 g/mol. The van der Waals surface area contributed by atoms with Gasteiger partial charge in [-0.2, -0.15) is 0 Å². The van der Waals surface area contributed by atoms with E-state index in [-0.39, 0.29) is 27.8 Å². The molecule has 26 heavy (non-hydrogen) atoms. The number of nitrogens with zero attached hydrogens (tertiary/aromatic N) is 3. The standard InChI is InChI=1S/C16H17ClF3N3O2S/c1-16(2,3)26(24)22-12(14(19)20)10-5-23(8-6-25-7-8)15-9(10)4-11(18)13(17)21-15/h4-5,8,14H,6-7H2,1-3H3/b22-12+/t26-/m0/s1. The van der Waals surface area contributed by atoms with Gasteiger partial charge in [0.05, 0.1) is 19.3 Å². The van der Waals surface area contributed by atoms with Gasteiger partial charge in [0.2, 0.25) is 0 Å². The van der Waals surface area contributed by atoms with Gasteiger partial charge in [-0.3, -0.25) is 0 Å². The third-order valence-electron chi connectivity index (χ3n) is 3.92. The zero-order chi connectivity index (χ0) is 19.2. The molecule has 0 aromatic carbocycles. The van der Waals surface area contributed by atoms with Crippen LogP contribution in [0.1, 0.15) is 32.4 Å². The molecule has 0 N–H and O–H groups in total. The van der Waals surface area contributed by atoms with Gasteiger partial charge in [-0.25, -0.2) is 18.2 Å². The molecule has 0 bridgehead atoms. The Labute approximate surface area is 156 Å². The molecule has 0 saturated carbocycles. The Morgan fingerprint density at radius 2 is 2.12 bits per heavy atom. The topological polar surface area (TPSA) is 62.5 Å². The number of hydrogen-bond acceptors (Lipinski definition) is 4. The lowest BCUT2D eigenvalue weighted by Crippen LogP contribution is -2.30. The van der Waals surface area contributed by atoms with E-state index < -0.39 is 34.1 Å². The van der Waals surface area contributed by atoms with Gasteiger partial charge in [0.25, 0.3) is 6.43 Å². The van der Waals surface area contributed by atoms with Crippen LogP contribution in [0.25, 0.3) is 11.0 Å². The van der Waals surface area contributed by atoms with Crippen molar-refractivity contribution in [2.75, 3.05) is 13.2 Å². The smallest absolute Gasteiger partial charge is 0.285 e. The van der Waals surface area contributed by atoms with E-state index >= 15 is 0 Å². The quantitative estimate of drug-likeness (QED) is 0.438. The maximum atomic E-state index is 13.9. The summed E-state index contributed by atoms with van der Waals surface area (Å²) in [5, 5.41) is -0.207. The summed E-state index contributed by atoms with van der Waals surface area (Å²) in [6.45, 7) is 5.66. The molecular formula is C16H17ClF3N3O2S. The molecule has 0 aliphatic carbocycles. The molecule has 1 saturated heterocycles. The van der Waals surface area contributed by atoms with Crippen LogP contribution in [-0.2, 0) is 16.1 Å². The van der Waals surface area contributed by atoms with E-state index in [1.165, 1.54) is 6.20 Å². The van der Waals surface area contributed by atoms with Crippen molar-refractivity contribution < 1.29 is 22.5 Å². The first-order valence-corrected chi connectivity index (χ1v) is 9.31. The summed E-state index contributed by atoms with van der Waals surface area (Å²) in [5.74, 6) is -0.825. The van der Waals surface area contributed by atoms with Gasteiger partial charge in [-0.1, -0.05) is 16.0 Å². The van der Waals surface area contributed by atoms with Crippen molar-refractivity contribution in [1.29, 1.82) is 0 Å². The molecule has 3 rings (SSSR count). The number of aromatic nitrogens is 2. The van der Waals surface area contributed by atoms with Crippen molar-refractivity contribution in [1.82, 2.24) is 9.55 Å². The number of hydrogen-bond donors (Lipinski definition) is 0. The Hall–Kier alpha value is -1.29. The molecule has 0 unspecified atom stereocenters. The van der Waals surface area contributed by atoms with Crippen LogP contribution >= 0.6 is 11.6 Å². The van der Waals surface area contributed by atoms with Gasteiger partial charge in [-0.15, -0.1) is 0 Å². The van der Waals surface area contributed by atoms with E-state index in [4.69, 9.17) is 16.3 Å². The molecule has 1 aliphatic rings. The molecule has 2 aromatic rings. The minimum atomic E-state index is -2.99. The fourth-order valence-corrected chi connectivity index (χ4v) is 3.19. The second-order valence-electron chi connectivity index (χ2n) is 6.91. The van der Waals surface area contributed by atoms with Crippen molar-refractivity contribution >= 4 is 39.7 Å². The summed E-state index contributed by atoms with van der Waals surface area (Å²) in [6.07, 6.45) is -1.57. The second-order valence-corrected chi connectivity index (χ2v) is 9.18. The first-order valence-electron chi connectivity index (χ1n) is 7.83. The van der Waals surface area contributed by atoms with E-state index in [0.29, 0.717) is 13.2 Å². The molecule has 3 heterocycles. The Balaban J connectivity index is 2.21. The largest absolute Gasteiger partial charge is 0.591 e. The monoisotopic (exact) mass is 407 g/mol. The second kappa shape index (κ2) is 7.03. The summed E-state index contributed by atoms with van der Waals surface area (Å²) in [4.78, 5) is 3.99. The van der Waals surface area contributed by atoms with E-state index in [0.717, 1.165) is 6.07 Å². The van der Waals surface area contributed by atoms with E-state index in [2.05, 4.69) is 9.38 Å². The van der Waals surface area contributed by atoms with Crippen molar-refractivity contribution in [2.24, 2.45) is 4.40 Å². The highest BCUT2D eigenvalue weighted by atomic mass is 35.5. The Morgan fingerprint density at radius 1 is 1.46 bits per heavy atom. The molecule has 142 valence electrons. The Kier molecular flexibility index (Phi) is 5.26. The predicted molar refractivity (Wildman–Crippen MR) is 95.0 cm³/mol. The Morgan fingerprint density at radius 3 is 2.62 bits per heavy atom. The molecule has 5 nitrogen and oxygen atoms in total. The maximum absolute atomic E-state index is 13.9. The van der Waals surface area contributed by atoms with Crippen LogP contribution in [-0.4, -0.2) is 44.2 Å². The van der Waals surface area contributed by atoms with Crippen LogP contribution in [0, 0.1) is 5.82 Å². The number of fused-ring (bicyclic) bond motifs is 1. The molecule has 10 heteroatoms. The van der Waals surface area contributed by atoms with Crippen molar-refractivity contribution in [3.63, 3.8) is 0 Å². The van der Waals surface area contributed by atoms with Crippen LogP contribution < -0.4 is 0 Å². The minimum absolute atomic E-state index is 0.0115. The maximum Gasteiger partial charge on any atom is 0.285 e. The van der Waals surface area contributed by atoms with Gasteiger partial charge in [-0.05, 0) is 26.8 Å². The van der Waals surface area contributed by atoms with Gasteiger partial charge < -0.3 is 13.9 Å². The number of alkyl halides is 2. The van der Waals surface area contributed by atoms with Crippen LogP contribution in [0.15, 0.2) is 16.7 Å². The zero-order valence-corrected chi connectivity index (χ0v) is 15.9.